The molecule has 0 aromatic heterocycles. The molecule has 0 bridgehead atoms. The lowest BCUT2D eigenvalue weighted by Crippen LogP contribution is -1.83. The summed E-state index contributed by atoms with van der Waals surface area (Å²) in [4.78, 5) is 0.594. The van der Waals surface area contributed by atoms with E-state index in [9.17, 15) is 8.78 Å². The number of thiol groups is 1. The summed E-state index contributed by atoms with van der Waals surface area (Å²) in [6.07, 6.45) is 0. The van der Waals surface area contributed by atoms with Crippen LogP contribution in [-0.4, -0.2) is 5.76 Å². The maximum absolute atomic E-state index is 11.9. The lowest BCUT2D eigenvalue weighted by atomic mass is 10.2. The molecule has 0 saturated carbocycles. The first-order chi connectivity index (χ1) is 5.72. The van der Waals surface area contributed by atoms with Gasteiger partial charge in [-0.15, -0.1) is 0 Å². The minimum absolute atomic E-state index is 0.561. The molecule has 0 aliphatic carbocycles. The molecule has 66 valence electrons. The van der Waals surface area contributed by atoms with Gasteiger partial charge < -0.3 is 0 Å². The van der Waals surface area contributed by atoms with E-state index in [1.807, 2.05) is 6.07 Å². The molecule has 0 unspecified atom stereocenters. The van der Waals surface area contributed by atoms with Crippen molar-refractivity contribution < 1.29 is 8.78 Å². The Morgan fingerprint density at radius 1 is 1.42 bits per heavy atom. The Bertz CT molecular complexity index is 251. The summed E-state index contributed by atoms with van der Waals surface area (Å²) >= 11 is 4.61. The number of benzene rings is 1. The van der Waals surface area contributed by atoms with Crippen LogP contribution in [0.25, 0.3) is 0 Å². The normalized spacial score (nSPS) is 10.7. The van der Waals surface area contributed by atoms with E-state index in [1.165, 1.54) is 0 Å². The van der Waals surface area contributed by atoms with Crippen LogP contribution in [0.1, 0.15) is 5.56 Å². The highest BCUT2D eigenvalue weighted by Gasteiger charge is 2.04. The molecule has 0 aliphatic heterocycles. The van der Waals surface area contributed by atoms with Crippen LogP contribution in [0.5, 0.6) is 0 Å². The van der Waals surface area contributed by atoms with Gasteiger partial charge in [0.25, 0.3) is 5.76 Å². The second-order valence-electron chi connectivity index (χ2n) is 2.18. The predicted octanol–water partition coefficient (Wildman–Crippen LogP) is 3.43. The maximum atomic E-state index is 11.9. The van der Waals surface area contributed by atoms with Crippen molar-refractivity contribution in [2.75, 3.05) is 0 Å². The van der Waals surface area contributed by atoms with Crippen LogP contribution in [0.4, 0.5) is 8.78 Å². The highest BCUT2D eigenvalue weighted by atomic mass is 32.2. The predicted molar refractivity (Wildman–Crippen MR) is 51.0 cm³/mol. The van der Waals surface area contributed by atoms with E-state index in [1.54, 1.807) is 18.2 Å². The molecular formula is C8H8F2S2. The molecule has 0 nitrogen and oxygen atoms in total. The first-order valence-electron chi connectivity index (χ1n) is 3.37. The molecule has 0 N–H and O–H groups in total. The van der Waals surface area contributed by atoms with Crippen molar-refractivity contribution in [3.63, 3.8) is 0 Å². The molecule has 1 aromatic rings. The van der Waals surface area contributed by atoms with E-state index < -0.39 is 5.76 Å². The van der Waals surface area contributed by atoms with Crippen LogP contribution >= 0.6 is 24.4 Å². The molecular weight excluding hydrogens is 198 g/mol. The van der Waals surface area contributed by atoms with Gasteiger partial charge in [0.1, 0.15) is 0 Å². The fourth-order valence-electron chi connectivity index (χ4n) is 0.820. The van der Waals surface area contributed by atoms with Crippen LogP contribution < -0.4 is 0 Å². The Hall–Kier alpha value is -0.220. The van der Waals surface area contributed by atoms with Crippen molar-refractivity contribution in [1.29, 1.82) is 0 Å². The zero-order valence-corrected chi connectivity index (χ0v) is 7.92. The molecule has 4 heteroatoms. The summed E-state index contributed by atoms with van der Waals surface area (Å²) in [5.74, 6) is -1.77. The van der Waals surface area contributed by atoms with Crippen molar-refractivity contribution in [2.45, 2.75) is 16.4 Å². The van der Waals surface area contributed by atoms with E-state index in [2.05, 4.69) is 12.6 Å². The average molecular weight is 206 g/mol. The Balaban J connectivity index is 2.72. The Labute approximate surface area is 79.8 Å². The number of halogens is 2. The van der Waals surface area contributed by atoms with E-state index in [0.29, 0.717) is 22.4 Å². The highest BCUT2D eigenvalue weighted by Crippen LogP contribution is 2.25. The molecule has 1 aromatic carbocycles. The number of hydrogen-bond donors (Lipinski definition) is 1. The van der Waals surface area contributed by atoms with Gasteiger partial charge in [0.2, 0.25) is 0 Å². The van der Waals surface area contributed by atoms with Crippen molar-refractivity contribution >= 4 is 24.4 Å². The van der Waals surface area contributed by atoms with Gasteiger partial charge in [-0.2, -0.15) is 21.4 Å². The largest absolute Gasteiger partial charge is 0.288 e. The van der Waals surface area contributed by atoms with Gasteiger partial charge in [0, 0.05) is 10.6 Å². The summed E-state index contributed by atoms with van der Waals surface area (Å²) in [7, 11) is 0. The monoisotopic (exact) mass is 206 g/mol. The third kappa shape index (κ3) is 3.03. The van der Waals surface area contributed by atoms with Crippen LogP contribution in [0.15, 0.2) is 29.2 Å². The van der Waals surface area contributed by atoms with Gasteiger partial charge in [-0.1, -0.05) is 23.9 Å². The van der Waals surface area contributed by atoms with Crippen molar-refractivity contribution in [3.05, 3.63) is 29.8 Å². The Kier molecular flexibility index (Phi) is 3.88. The van der Waals surface area contributed by atoms with Crippen LogP contribution in [0, 0.1) is 0 Å². The molecule has 0 atom stereocenters. The smallest absolute Gasteiger partial charge is 0.198 e. The molecule has 0 aliphatic rings. The number of hydrogen-bond acceptors (Lipinski definition) is 2. The van der Waals surface area contributed by atoms with Gasteiger partial charge >= 0.3 is 0 Å². The quantitative estimate of drug-likeness (QED) is 0.584. The first kappa shape index (κ1) is 9.86. The summed E-state index contributed by atoms with van der Waals surface area (Å²) in [6.45, 7) is 0. The maximum Gasteiger partial charge on any atom is 0.288 e. The molecule has 12 heavy (non-hydrogen) atoms. The molecule has 0 fully saturated rings. The summed E-state index contributed by atoms with van der Waals surface area (Å²) in [5, 5.41) is 0. The van der Waals surface area contributed by atoms with E-state index in [0.717, 1.165) is 5.56 Å². The van der Waals surface area contributed by atoms with E-state index in [4.69, 9.17) is 0 Å². The van der Waals surface area contributed by atoms with Crippen LogP contribution in [-0.2, 0) is 5.75 Å². The second-order valence-corrected chi connectivity index (χ2v) is 3.56. The second kappa shape index (κ2) is 4.72. The number of rotatable bonds is 3. The third-order valence-electron chi connectivity index (χ3n) is 1.31. The van der Waals surface area contributed by atoms with Crippen LogP contribution in [0.3, 0.4) is 0 Å². The van der Waals surface area contributed by atoms with Gasteiger partial charge in [0.05, 0.1) is 0 Å². The minimum Gasteiger partial charge on any atom is -0.198 e. The molecule has 0 heterocycles. The number of alkyl halides is 2. The number of thioether (sulfide) groups is 1. The zero-order valence-electron chi connectivity index (χ0n) is 6.21. The minimum atomic E-state index is -2.35. The topological polar surface area (TPSA) is 0 Å². The summed E-state index contributed by atoms with van der Waals surface area (Å²) < 4.78 is 23.8. The fraction of sp³-hybridized carbons (Fsp3) is 0.250. The molecule has 0 spiro atoms. The fourth-order valence-corrected chi connectivity index (χ4v) is 1.60. The van der Waals surface area contributed by atoms with Gasteiger partial charge in [-0.25, -0.2) is 0 Å². The first-order valence-corrected chi connectivity index (χ1v) is 4.88. The highest BCUT2D eigenvalue weighted by molar-refractivity contribution is 7.99. The Morgan fingerprint density at radius 3 is 2.75 bits per heavy atom. The molecule has 1 rings (SSSR count). The third-order valence-corrected chi connectivity index (χ3v) is 2.38. The van der Waals surface area contributed by atoms with E-state index in [-0.39, 0.29) is 0 Å². The van der Waals surface area contributed by atoms with Crippen molar-refractivity contribution in [2.24, 2.45) is 0 Å². The molecule has 0 saturated heterocycles. The SMILES string of the molecule is FC(F)Sc1cccc(CS)c1. The van der Waals surface area contributed by atoms with Crippen LogP contribution in [0.2, 0.25) is 0 Å². The average Bonchev–Trinajstić information content (AvgIpc) is 2.03. The molecule has 0 amide bonds. The van der Waals surface area contributed by atoms with Crippen molar-refractivity contribution in [1.82, 2.24) is 0 Å². The molecule has 0 radical (unpaired) electrons. The van der Waals surface area contributed by atoms with E-state index >= 15 is 0 Å². The van der Waals surface area contributed by atoms with Gasteiger partial charge in [-0.3, -0.25) is 0 Å². The zero-order chi connectivity index (χ0) is 8.97. The summed E-state index contributed by atoms with van der Waals surface area (Å²) in [5.41, 5.74) is 0.962. The lowest BCUT2D eigenvalue weighted by Gasteiger charge is -2.01. The standard InChI is InChI=1S/C8H8F2S2/c9-8(10)12-7-3-1-2-6(4-7)5-11/h1-4,8,11H,5H2. The Morgan fingerprint density at radius 2 is 2.17 bits per heavy atom. The van der Waals surface area contributed by atoms with Gasteiger partial charge in [-0.05, 0) is 17.7 Å². The van der Waals surface area contributed by atoms with Crippen molar-refractivity contribution in [3.8, 4) is 0 Å². The van der Waals surface area contributed by atoms with Gasteiger partial charge in [0.15, 0.2) is 0 Å². The lowest BCUT2D eigenvalue weighted by molar-refractivity contribution is 0.252. The summed E-state index contributed by atoms with van der Waals surface area (Å²) in [6, 6.07) is 7.02.